The van der Waals surface area contributed by atoms with Crippen molar-refractivity contribution < 1.29 is 61.9 Å². The molecule has 0 bridgehead atoms. The van der Waals surface area contributed by atoms with Gasteiger partial charge in [-0.1, -0.05) is 193 Å². The predicted octanol–water partition coefficient (Wildman–Crippen LogP) is 17.9. The SMILES string of the molecule is [2H]c1c([2H])c([2H])c(-c2ccc3c(c2-[n+]2[c-]n(-c4[c-]c(Oc5[c-]c6c(cc5)c5ccccc5n6-c5cc(C(C)(C)C)ccn5)ccc4)c4ccccc42)-c2c([2H])c4c(c([2H])c2-c2ccccc2-c2ccccc2-3)C(C([2H])([2H])[2H])(C([2H])([2H])[2H])C([2H])([2H])C([2H])([2H])C4(C([2H])([2H])[2H])C([2H])([2H])[2H])c([2H])c1[2H].[Pt]. The van der Waals surface area contributed by atoms with Crippen molar-refractivity contribution in [2.24, 2.45) is 0 Å². The summed E-state index contributed by atoms with van der Waals surface area (Å²) < 4.78 is 230. The summed E-state index contributed by atoms with van der Waals surface area (Å²) in [6.45, 7) is -11.0. The van der Waals surface area contributed by atoms with Crippen molar-refractivity contribution in [3.63, 3.8) is 0 Å². The molecule has 78 heavy (non-hydrogen) atoms. The Morgan fingerprint density at radius 2 is 1.24 bits per heavy atom. The number of pyridine rings is 1. The molecule has 0 spiro atoms. The van der Waals surface area contributed by atoms with Gasteiger partial charge in [-0.2, -0.15) is 18.2 Å². The van der Waals surface area contributed by atoms with E-state index in [1.807, 2.05) is 47.0 Å². The number of rotatable bonds is 6. The van der Waals surface area contributed by atoms with E-state index in [0.29, 0.717) is 33.7 Å². The Bertz CT molecular complexity index is 5410. The second-order valence-electron chi connectivity index (χ2n) is 20.3. The van der Waals surface area contributed by atoms with Crippen LogP contribution in [0.2, 0.25) is 0 Å². The van der Waals surface area contributed by atoms with Gasteiger partial charge in [-0.3, -0.25) is 4.57 Å². The summed E-state index contributed by atoms with van der Waals surface area (Å²) in [6.07, 6.45) is -4.02. The first kappa shape index (κ1) is 30.1. The summed E-state index contributed by atoms with van der Waals surface area (Å²) in [5.74, 6) is 1.14. The number of aromatic nitrogens is 4. The molecule has 0 amide bonds. The van der Waals surface area contributed by atoms with E-state index in [0.717, 1.165) is 21.9 Å². The van der Waals surface area contributed by atoms with Gasteiger partial charge in [-0.05, 0) is 131 Å². The van der Waals surface area contributed by atoms with Crippen molar-refractivity contribution in [3.05, 3.63) is 235 Å². The zero-order valence-corrected chi connectivity index (χ0v) is 44.3. The quantitative estimate of drug-likeness (QED) is 0.123. The van der Waals surface area contributed by atoms with Gasteiger partial charge >= 0.3 is 0 Å². The number of hydrogen-bond donors (Lipinski definition) is 0. The fraction of sp³-hybridized carbons (Fsp3) is 0.167. The zero-order valence-electron chi connectivity index (χ0n) is 65.0. The molecule has 0 atom stereocenters. The summed E-state index contributed by atoms with van der Waals surface area (Å²) >= 11 is 0. The van der Waals surface area contributed by atoms with E-state index >= 15 is 0 Å². The van der Waals surface area contributed by atoms with Gasteiger partial charge in [-0.15, -0.1) is 29.7 Å². The summed E-state index contributed by atoms with van der Waals surface area (Å²) in [5.41, 5.74) is -10.2. The van der Waals surface area contributed by atoms with Crippen molar-refractivity contribution in [1.29, 1.82) is 0 Å². The molecule has 2 aliphatic rings. The fourth-order valence-corrected chi connectivity index (χ4v) is 10.9. The van der Waals surface area contributed by atoms with E-state index in [1.54, 1.807) is 95.7 Å². The average molecular weight is 1210 g/mol. The number of hydrogen-bond acceptors (Lipinski definition) is 2. The molecule has 0 N–H and O–H groups in total. The van der Waals surface area contributed by atoms with Crippen molar-refractivity contribution in [2.45, 2.75) is 77.2 Å². The van der Waals surface area contributed by atoms with Crippen LogP contribution in [0.3, 0.4) is 0 Å². The van der Waals surface area contributed by atoms with Crippen LogP contribution in [0, 0.1) is 18.5 Å². The maximum Gasteiger partial charge on any atom is 0.268 e. The molecule has 9 aromatic carbocycles. The molecule has 6 heteroatoms. The minimum absolute atomic E-state index is 0. The van der Waals surface area contributed by atoms with Gasteiger partial charge in [0.2, 0.25) is 0 Å². The van der Waals surface area contributed by atoms with Gasteiger partial charge < -0.3 is 13.9 Å². The number of imidazole rings is 1. The first-order chi connectivity index (χ1) is 46.8. The minimum atomic E-state index is -4.62. The molecule has 3 aromatic heterocycles. The molecule has 5 nitrogen and oxygen atoms in total. The molecular formula is C72H58N4OPt-2. The van der Waals surface area contributed by atoms with Gasteiger partial charge in [0.15, 0.2) is 0 Å². The van der Waals surface area contributed by atoms with Crippen LogP contribution >= 0.6 is 0 Å². The third kappa shape index (κ3) is 8.00. The van der Waals surface area contributed by atoms with Crippen LogP contribution in [-0.2, 0) is 37.3 Å². The van der Waals surface area contributed by atoms with Crippen LogP contribution in [0.25, 0.3) is 106 Å². The van der Waals surface area contributed by atoms with E-state index in [1.165, 1.54) is 28.8 Å². The second-order valence-corrected chi connectivity index (χ2v) is 20.3. The Kier molecular flexibility index (Phi) is 7.16. The van der Waals surface area contributed by atoms with E-state index in [-0.39, 0.29) is 76.9 Å². The van der Waals surface area contributed by atoms with E-state index < -0.39 is 121 Å². The molecule has 0 saturated heterocycles. The Hall–Kier alpha value is -8.11. The molecule has 0 radical (unpaired) electrons. The third-order valence-corrected chi connectivity index (χ3v) is 14.5. The number of ether oxygens (including phenoxy) is 1. The molecular weight excluding hydrogens is 1130 g/mol. The Balaban J connectivity index is 0.00000912. The maximum absolute atomic E-state index is 11.0. The van der Waals surface area contributed by atoms with Crippen LogP contribution in [0.1, 0.15) is 109 Å². The molecule has 384 valence electrons. The van der Waals surface area contributed by atoms with Crippen LogP contribution in [0.5, 0.6) is 11.5 Å². The Morgan fingerprint density at radius 1 is 0.615 bits per heavy atom. The minimum Gasteiger partial charge on any atom is -0.510 e. The van der Waals surface area contributed by atoms with Gasteiger partial charge in [0.25, 0.3) is 6.33 Å². The van der Waals surface area contributed by atoms with Crippen LogP contribution in [0.4, 0.5) is 0 Å². The maximum atomic E-state index is 11.0. The number of fused-ring (bicyclic) bond motifs is 13. The monoisotopic (exact) mass is 1210 g/mol. The molecule has 2 aliphatic carbocycles. The predicted molar refractivity (Wildman–Crippen MR) is 315 cm³/mol. The van der Waals surface area contributed by atoms with E-state index in [4.69, 9.17) is 13.8 Å². The summed E-state index contributed by atoms with van der Waals surface area (Å²) in [7, 11) is 0. The van der Waals surface area contributed by atoms with Crippen LogP contribution in [0.15, 0.2) is 200 Å². The summed E-state index contributed by atoms with van der Waals surface area (Å²) in [4.78, 5) is 4.81. The molecule has 3 heterocycles. The Labute approximate surface area is 504 Å². The standard InChI is InChI=1S/C72H58N4O.Pt/c1-70(2,3)47-36-39-73-67(40-47)76-63-29-16-15-28-56(63)57-33-32-50(42-66(57)76)77-49-23-19-22-48(41-49)74-45-75(65-31-18-17-30-64(65)74)69-51(46-20-9-8-10-21-46)34-35-58-54-26-13-11-24-52(54)53-25-12-14-27-55(53)59-43-61-62(44-60(59)68(58)69)72(6,7)38-37-71(61,4)5;/h8-36,39-40,43-44H,37-38H2,1-7H3;/q-2;/i4D3,5D3,6D3,7D3,8D,9D,10D,20D,21D,37D2,38D2,43D,44D;. The molecule has 0 aliphatic heterocycles. The molecule has 0 fully saturated rings. The topological polar surface area (TPSA) is 35.9 Å². The van der Waals surface area contributed by atoms with Crippen LogP contribution < -0.4 is 9.30 Å². The molecule has 12 aromatic rings. The second kappa shape index (κ2) is 18.5. The third-order valence-electron chi connectivity index (χ3n) is 14.5. The van der Waals surface area contributed by atoms with Crippen molar-refractivity contribution >= 4 is 32.8 Å². The van der Waals surface area contributed by atoms with E-state index in [2.05, 4.69) is 39.2 Å². The molecule has 0 saturated carbocycles. The van der Waals surface area contributed by atoms with Gasteiger partial charge in [-0.25, -0.2) is 4.98 Å². The van der Waals surface area contributed by atoms with Gasteiger partial charge in [0.05, 0.1) is 26.3 Å². The average Bonchev–Trinajstić information content (AvgIpc) is 1.13. The first-order valence-corrected chi connectivity index (χ1v) is 25.0. The molecule has 0 unspecified atom stereocenters. The van der Waals surface area contributed by atoms with E-state index in [9.17, 15) is 27.4 Å². The first-order valence-electron chi connectivity index (χ1n) is 36.5. The van der Waals surface area contributed by atoms with Crippen molar-refractivity contribution in [3.8, 4) is 84.3 Å². The zero-order chi connectivity index (χ0) is 72.1. The Morgan fingerprint density at radius 3 is 1.96 bits per heavy atom. The number of benzene rings is 9. The van der Waals surface area contributed by atoms with Gasteiger partial charge in [0, 0.05) is 71.8 Å². The van der Waals surface area contributed by atoms with Gasteiger partial charge in [0.1, 0.15) is 5.82 Å². The largest absolute Gasteiger partial charge is 0.510 e. The summed E-state index contributed by atoms with van der Waals surface area (Å²) in [6, 6.07) is 43.6. The smallest absolute Gasteiger partial charge is 0.268 e. The number of nitrogens with zero attached hydrogens (tertiary/aromatic N) is 4. The van der Waals surface area contributed by atoms with Crippen LogP contribution in [-0.4, -0.2) is 14.1 Å². The normalized spacial score (nSPS) is 20.3. The fourth-order valence-electron chi connectivity index (χ4n) is 10.9. The van der Waals surface area contributed by atoms with Crippen molar-refractivity contribution in [2.75, 3.05) is 0 Å². The summed E-state index contributed by atoms with van der Waals surface area (Å²) in [5, 5.41) is 1.83. The molecule has 14 rings (SSSR count). The number of para-hydroxylation sites is 3. The van der Waals surface area contributed by atoms with Crippen molar-refractivity contribution in [1.82, 2.24) is 14.1 Å².